The van der Waals surface area contributed by atoms with Gasteiger partial charge in [-0.25, -0.2) is 0 Å². The van der Waals surface area contributed by atoms with Crippen LogP contribution in [0.2, 0.25) is 0 Å². The SMILES string of the molecule is COCC(N=C(C)C)C(C)C(C)=C(C)C. The van der Waals surface area contributed by atoms with Gasteiger partial charge in [-0.3, -0.25) is 4.99 Å². The molecule has 0 aromatic carbocycles. The number of hydrogen-bond acceptors (Lipinski definition) is 2. The van der Waals surface area contributed by atoms with Gasteiger partial charge in [0.1, 0.15) is 0 Å². The third kappa shape index (κ3) is 5.12. The maximum Gasteiger partial charge on any atom is 0.0794 e. The largest absolute Gasteiger partial charge is 0.382 e. The minimum absolute atomic E-state index is 0.245. The van der Waals surface area contributed by atoms with Crippen molar-refractivity contribution in [1.82, 2.24) is 0 Å². The van der Waals surface area contributed by atoms with Crippen molar-refractivity contribution < 1.29 is 4.74 Å². The van der Waals surface area contributed by atoms with E-state index in [1.807, 2.05) is 13.8 Å². The molecule has 0 aliphatic heterocycles. The molecule has 2 nitrogen and oxygen atoms in total. The highest BCUT2D eigenvalue weighted by Crippen LogP contribution is 2.20. The van der Waals surface area contributed by atoms with E-state index in [2.05, 4.69) is 32.7 Å². The minimum atomic E-state index is 0.245. The van der Waals surface area contributed by atoms with E-state index in [0.717, 1.165) is 5.71 Å². The van der Waals surface area contributed by atoms with Crippen LogP contribution in [0.4, 0.5) is 0 Å². The molecule has 0 aliphatic rings. The van der Waals surface area contributed by atoms with Gasteiger partial charge in [0.2, 0.25) is 0 Å². The van der Waals surface area contributed by atoms with Crippen LogP contribution in [0.1, 0.15) is 41.5 Å². The molecule has 88 valence electrons. The van der Waals surface area contributed by atoms with Crippen LogP contribution in [0, 0.1) is 5.92 Å². The van der Waals surface area contributed by atoms with E-state index in [4.69, 9.17) is 4.74 Å². The van der Waals surface area contributed by atoms with Crippen molar-refractivity contribution in [2.24, 2.45) is 10.9 Å². The number of hydrogen-bond donors (Lipinski definition) is 0. The number of nitrogens with zero attached hydrogens (tertiary/aromatic N) is 1. The van der Waals surface area contributed by atoms with Crippen molar-refractivity contribution in [3.63, 3.8) is 0 Å². The van der Waals surface area contributed by atoms with Crippen molar-refractivity contribution >= 4 is 5.71 Å². The molecule has 0 aromatic rings. The van der Waals surface area contributed by atoms with Gasteiger partial charge >= 0.3 is 0 Å². The molecular weight excluding hydrogens is 186 g/mol. The van der Waals surface area contributed by atoms with E-state index in [-0.39, 0.29) is 6.04 Å². The summed E-state index contributed by atoms with van der Waals surface area (Å²) in [6.07, 6.45) is 0. The number of rotatable bonds is 5. The van der Waals surface area contributed by atoms with E-state index in [0.29, 0.717) is 12.5 Å². The molecule has 0 aliphatic carbocycles. The average molecular weight is 211 g/mol. The smallest absolute Gasteiger partial charge is 0.0794 e. The first-order valence-electron chi connectivity index (χ1n) is 5.54. The maximum absolute atomic E-state index is 5.23. The Labute approximate surface area is 94.4 Å². The van der Waals surface area contributed by atoms with Gasteiger partial charge in [-0.1, -0.05) is 18.1 Å². The Hall–Kier alpha value is -0.630. The Morgan fingerprint density at radius 2 is 1.67 bits per heavy atom. The van der Waals surface area contributed by atoms with Crippen molar-refractivity contribution in [3.05, 3.63) is 11.1 Å². The predicted octanol–water partition coefficient (Wildman–Crippen LogP) is 3.47. The first-order chi connectivity index (χ1) is 6.90. The molecule has 2 unspecified atom stereocenters. The highest BCUT2D eigenvalue weighted by molar-refractivity contribution is 5.79. The second-order valence-corrected chi connectivity index (χ2v) is 4.57. The molecule has 0 fully saturated rings. The summed E-state index contributed by atoms with van der Waals surface area (Å²) in [7, 11) is 1.73. The molecule has 0 saturated heterocycles. The Morgan fingerprint density at radius 1 is 1.13 bits per heavy atom. The third-order valence-corrected chi connectivity index (χ3v) is 2.81. The summed E-state index contributed by atoms with van der Waals surface area (Å²) in [5.74, 6) is 0.449. The fraction of sp³-hybridized carbons (Fsp3) is 0.769. The van der Waals surface area contributed by atoms with Gasteiger partial charge in [-0.15, -0.1) is 0 Å². The summed E-state index contributed by atoms with van der Waals surface area (Å²) >= 11 is 0. The van der Waals surface area contributed by atoms with Crippen LogP contribution in [0.25, 0.3) is 0 Å². The van der Waals surface area contributed by atoms with Gasteiger partial charge in [-0.05, 0) is 34.6 Å². The van der Waals surface area contributed by atoms with Crippen LogP contribution in [-0.4, -0.2) is 25.5 Å². The molecular formula is C13H25NO. The first kappa shape index (κ1) is 14.4. The molecule has 0 radical (unpaired) electrons. The summed E-state index contributed by atoms with van der Waals surface area (Å²) < 4.78 is 5.23. The first-order valence-corrected chi connectivity index (χ1v) is 5.54. The molecule has 0 rings (SSSR count). The van der Waals surface area contributed by atoms with E-state index in [1.54, 1.807) is 7.11 Å². The molecule has 0 saturated carbocycles. The fourth-order valence-corrected chi connectivity index (χ4v) is 1.54. The summed E-state index contributed by atoms with van der Waals surface area (Å²) in [5.41, 5.74) is 3.92. The molecule has 0 aromatic heterocycles. The summed E-state index contributed by atoms with van der Waals surface area (Å²) in [6.45, 7) is 13.5. The van der Waals surface area contributed by atoms with Crippen LogP contribution in [0.3, 0.4) is 0 Å². The van der Waals surface area contributed by atoms with Gasteiger partial charge in [0.25, 0.3) is 0 Å². The molecule has 2 heteroatoms. The Bertz CT molecular complexity index is 245. The van der Waals surface area contributed by atoms with Crippen molar-refractivity contribution in [3.8, 4) is 0 Å². The number of ether oxygens (including phenoxy) is 1. The van der Waals surface area contributed by atoms with Gasteiger partial charge in [0, 0.05) is 18.7 Å². The molecule has 15 heavy (non-hydrogen) atoms. The quantitative estimate of drug-likeness (QED) is 0.504. The van der Waals surface area contributed by atoms with E-state index in [1.165, 1.54) is 11.1 Å². The lowest BCUT2D eigenvalue weighted by atomic mass is 9.92. The molecule has 0 spiro atoms. The van der Waals surface area contributed by atoms with Crippen molar-refractivity contribution in [2.45, 2.75) is 47.6 Å². The predicted molar refractivity (Wildman–Crippen MR) is 67.7 cm³/mol. The highest BCUT2D eigenvalue weighted by Gasteiger charge is 2.18. The third-order valence-electron chi connectivity index (χ3n) is 2.81. The van der Waals surface area contributed by atoms with Gasteiger partial charge in [-0.2, -0.15) is 0 Å². The zero-order valence-corrected chi connectivity index (χ0v) is 11.2. The monoisotopic (exact) mass is 211 g/mol. The van der Waals surface area contributed by atoms with Crippen LogP contribution >= 0.6 is 0 Å². The number of aliphatic imine (C=N–C) groups is 1. The zero-order chi connectivity index (χ0) is 12.0. The molecule has 0 heterocycles. The van der Waals surface area contributed by atoms with Crippen LogP contribution in [0.15, 0.2) is 16.1 Å². The van der Waals surface area contributed by atoms with Gasteiger partial charge in [0.05, 0.1) is 12.6 Å². The van der Waals surface area contributed by atoms with Crippen LogP contribution < -0.4 is 0 Å². The lowest BCUT2D eigenvalue weighted by Crippen LogP contribution is -2.23. The second kappa shape index (κ2) is 6.78. The van der Waals surface area contributed by atoms with Crippen LogP contribution in [-0.2, 0) is 4.74 Å². The van der Waals surface area contributed by atoms with E-state index >= 15 is 0 Å². The Morgan fingerprint density at radius 3 is 2.00 bits per heavy atom. The molecule has 0 bridgehead atoms. The Balaban J connectivity index is 4.78. The maximum atomic E-state index is 5.23. The lowest BCUT2D eigenvalue weighted by Gasteiger charge is -2.22. The van der Waals surface area contributed by atoms with Gasteiger partial charge < -0.3 is 4.74 Å². The zero-order valence-electron chi connectivity index (χ0n) is 11.2. The number of allylic oxidation sites excluding steroid dienone is 1. The van der Waals surface area contributed by atoms with Crippen molar-refractivity contribution in [1.29, 1.82) is 0 Å². The number of methoxy groups -OCH3 is 1. The fourth-order valence-electron chi connectivity index (χ4n) is 1.54. The molecule has 2 atom stereocenters. The lowest BCUT2D eigenvalue weighted by molar-refractivity contribution is 0.167. The average Bonchev–Trinajstić information content (AvgIpc) is 2.14. The van der Waals surface area contributed by atoms with Gasteiger partial charge in [0.15, 0.2) is 0 Å². The van der Waals surface area contributed by atoms with E-state index in [9.17, 15) is 0 Å². The molecule has 0 N–H and O–H groups in total. The van der Waals surface area contributed by atoms with E-state index < -0.39 is 0 Å². The standard InChI is InChI=1S/C13H25NO/c1-9(2)11(5)12(6)13(8-15-7)14-10(3)4/h12-13H,8H2,1-7H3. The minimum Gasteiger partial charge on any atom is -0.382 e. The summed E-state index contributed by atoms with van der Waals surface area (Å²) in [5, 5.41) is 0. The summed E-state index contributed by atoms with van der Waals surface area (Å²) in [6, 6.07) is 0.245. The highest BCUT2D eigenvalue weighted by atomic mass is 16.5. The normalized spacial score (nSPS) is 14.3. The summed E-state index contributed by atoms with van der Waals surface area (Å²) in [4.78, 5) is 4.63. The topological polar surface area (TPSA) is 21.6 Å². The molecule has 0 amide bonds. The second-order valence-electron chi connectivity index (χ2n) is 4.57. The van der Waals surface area contributed by atoms with Crippen molar-refractivity contribution in [2.75, 3.05) is 13.7 Å². The Kier molecular flexibility index (Phi) is 6.50. The van der Waals surface area contributed by atoms with Crippen LogP contribution in [0.5, 0.6) is 0 Å².